The number of hydrogen-bond donors (Lipinski definition) is 1. The summed E-state index contributed by atoms with van der Waals surface area (Å²) in [6, 6.07) is 1.72. The molecule has 0 unspecified atom stereocenters. The SMILES string of the molecule is CC1CCC(CCl)(NC(=O)c2ccnn2C)CC1. The van der Waals surface area contributed by atoms with Crippen LogP contribution < -0.4 is 5.32 Å². The Labute approximate surface area is 113 Å². The van der Waals surface area contributed by atoms with Crippen LogP contribution in [0.1, 0.15) is 43.1 Å². The second kappa shape index (κ2) is 5.31. The van der Waals surface area contributed by atoms with Crippen LogP contribution in [0.5, 0.6) is 0 Å². The van der Waals surface area contributed by atoms with E-state index in [-0.39, 0.29) is 11.4 Å². The van der Waals surface area contributed by atoms with E-state index in [4.69, 9.17) is 11.6 Å². The smallest absolute Gasteiger partial charge is 0.270 e. The number of alkyl halides is 1. The molecular formula is C13H20ClN3O. The van der Waals surface area contributed by atoms with Crippen LogP contribution in [-0.2, 0) is 7.05 Å². The minimum atomic E-state index is -0.241. The van der Waals surface area contributed by atoms with E-state index in [2.05, 4.69) is 17.3 Å². The highest BCUT2D eigenvalue weighted by molar-refractivity contribution is 6.19. The molecule has 0 aliphatic heterocycles. The fraction of sp³-hybridized carbons (Fsp3) is 0.692. The molecule has 5 heteroatoms. The predicted molar refractivity (Wildman–Crippen MR) is 71.8 cm³/mol. The third kappa shape index (κ3) is 2.69. The van der Waals surface area contributed by atoms with Gasteiger partial charge in [0.15, 0.2) is 0 Å². The molecule has 1 aliphatic carbocycles. The number of carbonyl (C=O) groups excluding carboxylic acids is 1. The summed E-state index contributed by atoms with van der Waals surface area (Å²) in [7, 11) is 1.77. The third-order valence-electron chi connectivity index (χ3n) is 3.92. The standard InChI is InChI=1S/C13H20ClN3O/c1-10-3-6-13(9-14,7-4-10)16-12(18)11-5-8-15-17(11)2/h5,8,10H,3-4,6-7,9H2,1-2H3,(H,16,18). The maximum atomic E-state index is 12.2. The molecule has 1 aliphatic rings. The Balaban J connectivity index is 2.07. The lowest BCUT2D eigenvalue weighted by molar-refractivity contribution is 0.0862. The van der Waals surface area contributed by atoms with Crippen LogP contribution in [-0.4, -0.2) is 27.1 Å². The van der Waals surface area contributed by atoms with Crippen molar-refractivity contribution in [3.63, 3.8) is 0 Å². The predicted octanol–water partition coefficient (Wildman–Crippen LogP) is 2.34. The van der Waals surface area contributed by atoms with E-state index in [1.54, 1.807) is 24.0 Å². The maximum absolute atomic E-state index is 12.2. The summed E-state index contributed by atoms with van der Waals surface area (Å²) in [5.41, 5.74) is 0.341. The van der Waals surface area contributed by atoms with Crippen LogP contribution in [0.3, 0.4) is 0 Å². The minimum absolute atomic E-state index is 0.0785. The van der Waals surface area contributed by atoms with Gasteiger partial charge in [-0.05, 0) is 37.7 Å². The lowest BCUT2D eigenvalue weighted by atomic mass is 9.78. The van der Waals surface area contributed by atoms with Gasteiger partial charge in [0.05, 0.1) is 5.54 Å². The van der Waals surface area contributed by atoms with Crippen molar-refractivity contribution in [1.82, 2.24) is 15.1 Å². The Hall–Kier alpha value is -1.03. The summed E-state index contributed by atoms with van der Waals surface area (Å²) in [5.74, 6) is 1.13. The molecule has 2 rings (SSSR count). The number of rotatable bonds is 3. The van der Waals surface area contributed by atoms with Gasteiger partial charge in [-0.15, -0.1) is 11.6 Å². The van der Waals surface area contributed by atoms with E-state index in [9.17, 15) is 4.79 Å². The fourth-order valence-electron chi connectivity index (χ4n) is 2.51. The normalized spacial score (nSPS) is 28.1. The van der Waals surface area contributed by atoms with Crippen molar-refractivity contribution in [2.24, 2.45) is 13.0 Å². The molecule has 1 fully saturated rings. The first-order chi connectivity index (χ1) is 8.56. The van der Waals surface area contributed by atoms with Gasteiger partial charge in [0.2, 0.25) is 0 Å². The molecule has 1 aromatic rings. The number of hydrogen-bond acceptors (Lipinski definition) is 2. The zero-order chi connectivity index (χ0) is 13.2. The van der Waals surface area contributed by atoms with Gasteiger partial charge in [-0.25, -0.2) is 0 Å². The number of halogens is 1. The molecule has 1 N–H and O–H groups in total. The number of aromatic nitrogens is 2. The van der Waals surface area contributed by atoms with Gasteiger partial charge in [-0.2, -0.15) is 5.10 Å². The van der Waals surface area contributed by atoms with E-state index in [1.165, 1.54) is 0 Å². The highest BCUT2D eigenvalue weighted by Gasteiger charge is 2.35. The quantitative estimate of drug-likeness (QED) is 0.856. The molecule has 18 heavy (non-hydrogen) atoms. The van der Waals surface area contributed by atoms with Crippen molar-refractivity contribution in [2.75, 3.05) is 5.88 Å². The van der Waals surface area contributed by atoms with Crippen LogP contribution in [0.2, 0.25) is 0 Å². The Kier molecular flexibility index (Phi) is 3.95. The van der Waals surface area contributed by atoms with Gasteiger partial charge in [0.25, 0.3) is 5.91 Å². The first-order valence-corrected chi connectivity index (χ1v) is 6.96. The molecule has 0 saturated heterocycles. The summed E-state index contributed by atoms with van der Waals surface area (Å²) in [6.45, 7) is 2.25. The number of amides is 1. The molecule has 4 nitrogen and oxygen atoms in total. The Morgan fingerprint density at radius 3 is 2.78 bits per heavy atom. The zero-order valence-corrected chi connectivity index (χ0v) is 11.7. The highest BCUT2D eigenvalue weighted by atomic mass is 35.5. The van der Waals surface area contributed by atoms with E-state index >= 15 is 0 Å². The van der Waals surface area contributed by atoms with Gasteiger partial charge in [0.1, 0.15) is 5.69 Å². The number of nitrogens with one attached hydrogen (secondary N) is 1. The molecule has 1 amide bonds. The molecule has 0 spiro atoms. The number of aryl methyl sites for hydroxylation is 1. The minimum Gasteiger partial charge on any atom is -0.344 e. The summed E-state index contributed by atoms with van der Waals surface area (Å²) < 4.78 is 1.59. The molecule has 1 saturated carbocycles. The largest absolute Gasteiger partial charge is 0.344 e. The highest BCUT2D eigenvalue weighted by Crippen LogP contribution is 2.33. The van der Waals surface area contributed by atoms with E-state index in [0.29, 0.717) is 11.6 Å². The van der Waals surface area contributed by atoms with Crippen LogP contribution >= 0.6 is 11.6 Å². The van der Waals surface area contributed by atoms with Gasteiger partial charge in [-0.3, -0.25) is 9.48 Å². The van der Waals surface area contributed by atoms with Crippen molar-refractivity contribution in [3.05, 3.63) is 18.0 Å². The Morgan fingerprint density at radius 1 is 1.61 bits per heavy atom. The Morgan fingerprint density at radius 2 is 2.28 bits per heavy atom. The van der Waals surface area contributed by atoms with Crippen molar-refractivity contribution < 1.29 is 4.79 Å². The van der Waals surface area contributed by atoms with E-state index in [0.717, 1.165) is 31.6 Å². The molecule has 0 aromatic carbocycles. The zero-order valence-electron chi connectivity index (χ0n) is 10.9. The van der Waals surface area contributed by atoms with Gasteiger partial charge in [0, 0.05) is 19.1 Å². The summed E-state index contributed by atoms with van der Waals surface area (Å²) in [4.78, 5) is 12.2. The summed E-state index contributed by atoms with van der Waals surface area (Å²) in [5, 5.41) is 7.13. The van der Waals surface area contributed by atoms with Gasteiger partial charge in [-0.1, -0.05) is 6.92 Å². The lowest BCUT2D eigenvalue weighted by Gasteiger charge is -2.38. The van der Waals surface area contributed by atoms with Crippen molar-refractivity contribution in [2.45, 2.75) is 38.1 Å². The van der Waals surface area contributed by atoms with Crippen molar-refractivity contribution in [3.8, 4) is 0 Å². The monoisotopic (exact) mass is 269 g/mol. The average molecular weight is 270 g/mol. The average Bonchev–Trinajstić information content (AvgIpc) is 2.79. The molecule has 1 aromatic heterocycles. The topological polar surface area (TPSA) is 46.9 Å². The van der Waals surface area contributed by atoms with Crippen LogP contribution in [0, 0.1) is 5.92 Å². The first kappa shape index (κ1) is 13.4. The van der Waals surface area contributed by atoms with Gasteiger partial charge < -0.3 is 5.32 Å². The van der Waals surface area contributed by atoms with Gasteiger partial charge >= 0.3 is 0 Å². The third-order valence-corrected chi connectivity index (χ3v) is 4.43. The molecule has 0 radical (unpaired) electrons. The second-order valence-corrected chi connectivity index (χ2v) is 5.66. The molecule has 1 heterocycles. The summed E-state index contributed by atoms with van der Waals surface area (Å²) >= 11 is 6.09. The fourth-order valence-corrected chi connectivity index (χ4v) is 2.84. The van der Waals surface area contributed by atoms with E-state index < -0.39 is 0 Å². The second-order valence-electron chi connectivity index (χ2n) is 5.39. The molecule has 100 valence electrons. The lowest BCUT2D eigenvalue weighted by Crippen LogP contribution is -2.52. The van der Waals surface area contributed by atoms with E-state index in [1.807, 2.05) is 0 Å². The molecule has 0 atom stereocenters. The summed E-state index contributed by atoms with van der Waals surface area (Å²) in [6.07, 6.45) is 5.80. The molecule has 0 bridgehead atoms. The van der Waals surface area contributed by atoms with Crippen LogP contribution in [0.25, 0.3) is 0 Å². The first-order valence-electron chi connectivity index (χ1n) is 6.43. The van der Waals surface area contributed by atoms with Crippen molar-refractivity contribution in [1.29, 1.82) is 0 Å². The van der Waals surface area contributed by atoms with Crippen molar-refractivity contribution >= 4 is 17.5 Å². The van der Waals surface area contributed by atoms with Crippen LogP contribution in [0.15, 0.2) is 12.3 Å². The number of carbonyl (C=O) groups is 1. The molecular weight excluding hydrogens is 250 g/mol. The van der Waals surface area contributed by atoms with Crippen LogP contribution in [0.4, 0.5) is 0 Å². The number of nitrogens with zero attached hydrogens (tertiary/aromatic N) is 2. The Bertz CT molecular complexity index is 422. The maximum Gasteiger partial charge on any atom is 0.270 e.